The summed E-state index contributed by atoms with van der Waals surface area (Å²) in [6.07, 6.45) is 1.75. The van der Waals surface area contributed by atoms with Crippen LogP contribution in [0.3, 0.4) is 0 Å². The van der Waals surface area contributed by atoms with E-state index in [2.05, 4.69) is 11.1 Å². The maximum absolute atomic E-state index is 9.19. The van der Waals surface area contributed by atoms with E-state index in [9.17, 15) is 5.26 Å². The number of nitriles is 1. The second-order valence-corrected chi connectivity index (χ2v) is 4.54. The first-order valence-electron chi connectivity index (χ1n) is 6.30. The molecule has 3 aromatic rings. The van der Waals surface area contributed by atoms with Crippen LogP contribution in [0.5, 0.6) is 11.5 Å². The van der Waals surface area contributed by atoms with Crippen molar-refractivity contribution in [2.75, 3.05) is 0 Å². The molecule has 0 unspecified atom stereocenters. The van der Waals surface area contributed by atoms with E-state index in [0.29, 0.717) is 17.1 Å². The van der Waals surface area contributed by atoms with E-state index in [1.807, 2.05) is 55.5 Å². The van der Waals surface area contributed by atoms with Crippen molar-refractivity contribution in [3.63, 3.8) is 0 Å². The molecule has 1 aromatic heterocycles. The van der Waals surface area contributed by atoms with Crippen molar-refractivity contribution in [3.8, 4) is 17.6 Å². The average Bonchev–Trinajstić information content (AvgIpc) is 2.49. The third-order valence-corrected chi connectivity index (χ3v) is 3.08. The molecule has 20 heavy (non-hydrogen) atoms. The molecule has 0 spiro atoms. The minimum Gasteiger partial charge on any atom is -0.455 e. The minimum absolute atomic E-state index is 0.533. The lowest BCUT2D eigenvalue weighted by Crippen LogP contribution is -1.90. The van der Waals surface area contributed by atoms with E-state index < -0.39 is 0 Å². The molecule has 3 rings (SSSR count). The Morgan fingerprint density at radius 3 is 2.80 bits per heavy atom. The van der Waals surface area contributed by atoms with E-state index in [1.165, 1.54) is 0 Å². The maximum atomic E-state index is 9.19. The molecule has 0 radical (unpaired) electrons. The van der Waals surface area contributed by atoms with E-state index in [0.717, 1.165) is 16.5 Å². The van der Waals surface area contributed by atoms with Crippen molar-refractivity contribution in [1.29, 1.82) is 5.26 Å². The molecule has 3 heteroatoms. The van der Waals surface area contributed by atoms with Gasteiger partial charge in [-0.3, -0.25) is 4.98 Å². The Morgan fingerprint density at radius 2 is 1.95 bits per heavy atom. The lowest BCUT2D eigenvalue weighted by atomic mass is 10.1. The molecule has 0 fully saturated rings. The molecule has 1 heterocycles. The average molecular weight is 260 g/mol. The van der Waals surface area contributed by atoms with Gasteiger partial charge in [0.1, 0.15) is 17.6 Å². The summed E-state index contributed by atoms with van der Waals surface area (Å²) in [4.78, 5) is 4.30. The van der Waals surface area contributed by atoms with Gasteiger partial charge in [0.2, 0.25) is 0 Å². The number of aryl methyl sites for hydroxylation is 1. The number of aromatic nitrogens is 1. The number of rotatable bonds is 2. The van der Waals surface area contributed by atoms with Crippen molar-refractivity contribution in [2.24, 2.45) is 0 Å². The Kier molecular flexibility index (Phi) is 3.06. The van der Waals surface area contributed by atoms with Crippen LogP contribution in [0.25, 0.3) is 10.9 Å². The van der Waals surface area contributed by atoms with Crippen molar-refractivity contribution >= 4 is 10.9 Å². The highest BCUT2D eigenvalue weighted by molar-refractivity contribution is 5.85. The second-order valence-electron chi connectivity index (χ2n) is 4.54. The lowest BCUT2D eigenvalue weighted by Gasteiger charge is -2.10. The van der Waals surface area contributed by atoms with Crippen molar-refractivity contribution in [3.05, 3.63) is 65.9 Å². The SMILES string of the molecule is Cc1ccc(Oc2cccc3ncccc23)c(C#N)c1. The van der Waals surface area contributed by atoms with Gasteiger partial charge in [-0.2, -0.15) is 5.26 Å². The highest BCUT2D eigenvalue weighted by Crippen LogP contribution is 2.30. The van der Waals surface area contributed by atoms with Crippen LogP contribution in [-0.2, 0) is 0 Å². The quantitative estimate of drug-likeness (QED) is 0.693. The first-order chi connectivity index (χ1) is 9.78. The van der Waals surface area contributed by atoms with E-state index in [1.54, 1.807) is 6.20 Å². The lowest BCUT2D eigenvalue weighted by molar-refractivity contribution is 0.486. The third-order valence-electron chi connectivity index (χ3n) is 3.08. The number of pyridine rings is 1. The molecular formula is C17H12N2O. The summed E-state index contributed by atoms with van der Waals surface area (Å²) in [5, 5.41) is 10.1. The summed E-state index contributed by atoms with van der Waals surface area (Å²) in [6.45, 7) is 1.95. The molecule has 0 aliphatic heterocycles. The number of nitrogens with zero attached hydrogens (tertiary/aromatic N) is 2. The summed E-state index contributed by atoms with van der Waals surface area (Å²) in [5.74, 6) is 1.27. The monoisotopic (exact) mass is 260 g/mol. The predicted molar refractivity (Wildman–Crippen MR) is 77.7 cm³/mol. The molecule has 0 saturated heterocycles. The van der Waals surface area contributed by atoms with Gasteiger partial charge in [-0.1, -0.05) is 12.1 Å². The van der Waals surface area contributed by atoms with Gasteiger partial charge >= 0.3 is 0 Å². The van der Waals surface area contributed by atoms with Crippen LogP contribution in [0.15, 0.2) is 54.7 Å². The Labute approximate surface area is 117 Å². The Hall–Kier alpha value is -2.86. The van der Waals surface area contributed by atoms with Gasteiger partial charge < -0.3 is 4.74 Å². The van der Waals surface area contributed by atoms with Gasteiger partial charge in [0.05, 0.1) is 11.1 Å². The molecule has 3 nitrogen and oxygen atoms in total. The number of hydrogen-bond donors (Lipinski definition) is 0. The van der Waals surface area contributed by atoms with Crippen LogP contribution in [0.2, 0.25) is 0 Å². The van der Waals surface area contributed by atoms with Crippen LogP contribution in [0.1, 0.15) is 11.1 Å². The molecule has 2 aromatic carbocycles. The minimum atomic E-state index is 0.533. The van der Waals surface area contributed by atoms with Gasteiger partial charge in [0.15, 0.2) is 0 Å². The highest BCUT2D eigenvalue weighted by Gasteiger charge is 2.07. The zero-order valence-electron chi connectivity index (χ0n) is 11.0. The van der Waals surface area contributed by atoms with Crippen molar-refractivity contribution in [1.82, 2.24) is 4.98 Å². The summed E-state index contributed by atoms with van der Waals surface area (Å²) in [5.41, 5.74) is 2.44. The van der Waals surface area contributed by atoms with Crippen LogP contribution < -0.4 is 4.74 Å². The zero-order valence-corrected chi connectivity index (χ0v) is 11.0. The summed E-state index contributed by atoms with van der Waals surface area (Å²) >= 11 is 0. The molecule has 96 valence electrons. The van der Waals surface area contributed by atoms with Gasteiger partial charge in [0.25, 0.3) is 0 Å². The molecule has 0 atom stereocenters. The fourth-order valence-corrected chi connectivity index (χ4v) is 2.10. The number of benzene rings is 2. The van der Waals surface area contributed by atoms with E-state index >= 15 is 0 Å². The molecule has 0 amide bonds. The van der Waals surface area contributed by atoms with Crippen LogP contribution >= 0.6 is 0 Å². The van der Waals surface area contributed by atoms with Gasteiger partial charge in [-0.25, -0.2) is 0 Å². The molecule has 0 bridgehead atoms. The molecule has 0 saturated carbocycles. The largest absolute Gasteiger partial charge is 0.455 e. The van der Waals surface area contributed by atoms with Crippen LogP contribution in [0, 0.1) is 18.3 Å². The Bertz CT molecular complexity index is 813. The maximum Gasteiger partial charge on any atom is 0.145 e. The zero-order chi connectivity index (χ0) is 13.9. The first kappa shape index (κ1) is 12.2. The fraction of sp³-hybridized carbons (Fsp3) is 0.0588. The van der Waals surface area contributed by atoms with Crippen molar-refractivity contribution in [2.45, 2.75) is 6.92 Å². The Morgan fingerprint density at radius 1 is 1.05 bits per heavy atom. The van der Waals surface area contributed by atoms with Crippen LogP contribution in [0.4, 0.5) is 0 Å². The smallest absolute Gasteiger partial charge is 0.145 e. The molecule has 0 aliphatic carbocycles. The summed E-state index contributed by atoms with van der Waals surface area (Å²) in [6, 6.07) is 17.3. The third kappa shape index (κ3) is 2.19. The van der Waals surface area contributed by atoms with Gasteiger partial charge in [-0.05, 0) is 48.9 Å². The Balaban J connectivity index is 2.08. The fourth-order valence-electron chi connectivity index (χ4n) is 2.10. The first-order valence-corrected chi connectivity index (χ1v) is 6.30. The standard InChI is InChI=1S/C17H12N2O/c1-12-7-8-16(13(10-12)11-18)20-17-6-2-5-15-14(17)4-3-9-19-15/h2-10H,1H3. The van der Waals surface area contributed by atoms with Gasteiger partial charge in [0, 0.05) is 11.6 Å². The number of fused-ring (bicyclic) bond motifs is 1. The van der Waals surface area contributed by atoms with Crippen LogP contribution in [-0.4, -0.2) is 4.98 Å². The molecule has 0 N–H and O–H groups in total. The van der Waals surface area contributed by atoms with E-state index in [4.69, 9.17) is 4.74 Å². The number of hydrogen-bond acceptors (Lipinski definition) is 3. The summed E-state index contributed by atoms with van der Waals surface area (Å²) < 4.78 is 5.91. The normalized spacial score (nSPS) is 10.2. The number of ether oxygens (including phenoxy) is 1. The van der Waals surface area contributed by atoms with E-state index in [-0.39, 0.29) is 0 Å². The molecular weight excluding hydrogens is 248 g/mol. The highest BCUT2D eigenvalue weighted by atomic mass is 16.5. The summed E-state index contributed by atoms with van der Waals surface area (Å²) in [7, 11) is 0. The second kappa shape index (κ2) is 5.02. The molecule has 0 aliphatic rings. The van der Waals surface area contributed by atoms with Gasteiger partial charge in [-0.15, -0.1) is 0 Å². The topological polar surface area (TPSA) is 45.9 Å². The van der Waals surface area contributed by atoms with Crippen molar-refractivity contribution < 1.29 is 4.74 Å². The predicted octanol–water partition coefficient (Wildman–Crippen LogP) is 4.21.